The second-order valence-corrected chi connectivity index (χ2v) is 4.59. The fraction of sp³-hybridized carbons (Fsp3) is 0.500. The summed E-state index contributed by atoms with van der Waals surface area (Å²) < 4.78 is 20.4. The number of aliphatic hydroxyl groups excluding tert-OH is 2. The van der Waals surface area contributed by atoms with Gasteiger partial charge in [-0.1, -0.05) is 0 Å². The lowest BCUT2D eigenvalue weighted by Gasteiger charge is -2.36. The maximum Gasteiger partial charge on any atom is 0.338 e. The summed E-state index contributed by atoms with van der Waals surface area (Å²) >= 11 is 0. The van der Waals surface area contributed by atoms with Crippen molar-refractivity contribution in [2.75, 3.05) is 20.8 Å². The van der Waals surface area contributed by atoms with Crippen molar-refractivity contribution in [2.45, 2.75) is 24.6 Å². The van der Waals surface area contributed by atoms with Crippen molar-refractivity contribution in [3.8, 4) is 5.75 Å². The molecular formula is C14H18O7. The Morgan fingerprint density at radius 2 is 1.90 bits per heavy atom. The first-order chi connectivity index (χ1) is 10.1. The first-order valence-electron chi connectivity index (χ1n) is 6.42. The van der Waals surface area contributed by atoms with Crippen LogP contribution in [0.4, 0.5) is 0 Å². The van der Waals surface area contributed by atoms with Gasteiger partial charge >= 0.3 is 5.97 Å². The lowest BCUT2D eigenvalue weighted by molar-refractivity contribution is -0.261. The van der Waals surface area contributed by atoms with E-state index in [9.17, 15) is 15.0 Å². The highest BCUT2D eigenvalue weighted by Gasteiger charge is 2.41. The number of carbonyl (C=O) groups is 1. The van der Waals surface area contributed by atoms with Crippen molar-refractivity contribution in [3.05, 3.63) is 29.8 Å². The molecule has 0 saturated carbocycles. The molecule has 1 saturated heterocycles. The Morgan fingerprint density at radius 1 is 1.24 bits per heavy atom. The van der Waals surface area contributed by atoms with E-state index in [0.29, 0.717) is 5.75 Å². The summed E-state index contributed by atoms with van der Waals surface area (Å²) in [5.74, 6) is -0.0424. The maximum atomic E-state index is 12.1. The van der Waals surface area contributed by atoms with Crippen molar-refractivity contribution in [1.82, 2.24) is 0 Å². The summed E-state index contributed by atoms with van der Waals surface area (Å²) in [7, 11) is 2.89. The minimum absolute atomic E-state index is 0.0870. The molecule has 4 atom stereocenters. The Bertz CT molecular complexity index is 471. The van der Waals surface area contributed by atoms with Gasteiger partial charge < -0.3 is 29.2 Å². The first-order valence-corrected chi connectivity index (χ1v) is 6.42. The lowest BCUT2D eigenvalue weighted by Crippen LogP contribution is -2.55. The van der Waals surface area contributed by atoms with Gasteiger partial charge in [-0.15, -0.1) is 0 Å². The average Bonchev–Trinajstić information content (AvgIpc) is 2.52. The predicted octanol–water partition coefficient (Wildman–Crippen LogP) is -0.0549. The molecule has 0 aromatic heterocycles. The molecule has 1 aromatic carbocycles. The molecule has 0 amide bonds. The molecule has 0 radical (unpaired) electrons. The molecule has 1 aromatic rings. The van der Waals surface area contributed by atoms with Crippen molar-refractivity contribution in [1.29, 1.82) is 0 Å². The van der Waals surface area contributed by atoms with E-state index in [1.54, 1.807) is 12.1 Å². The zero-order valence-corrected chi connectivity index (χ0v) is 11.8. The van der Waals surface area contributed by atoms with Gasteiger partial charge in [-0.05, 0) is 24.3 Å². The van der Waals surface area contributed by atoms with Gasteiger partial charge in [0.2, 0.25) is 0 Å². The van der Waals surface area contributed by atoms with E-state index in [1.807, 2.05) is 0 Å². The second kappa shape index (κ2) is 6.86. The normalized spacial score (nSPS) is 29.0. The number of hydrogen-bond donors (Lipinski definition) is 2. The molecular weight excluding hydrogens is 280 g/mol. The standard InChI is InChI=1S/C14H18O7/c1-18-9-5-3-8(4-6-9)13(17)21-12-11(16)10(15)7-20-14(12)19-2/h3-6,10-12,14-16H,7H2,1-2H3/t10-,11+,12-,14+/m1/s1. The summed E-state index contributed by atoms with van der Waals surface area (Å²) in [6.07, 6.45) is -4.44. The van der Waals surface area contributed by atoms with Gasteiger partial charge in [0.25, 0.3) is 0 Å². The average molecular weight is 298 g/mol. The van der Waals surface area contributed by atoms with Crippen LogP contribution in [0.5, 0.6) is 5.75 Å². The molecule has 0 spiro atoms. The van der Waals surface area contributed by atoms with Crippen LogP contribution in [-0.2, 0) is 14.2 Å². The monoisotopic (exact) mass is 298 g/mol. The highest BCUT2D eigenvalue weighted by atomic mass is 16.7. The van der Waals surface area contributed by atoms with E-state index < -0.39 is 30.6 Å². The summed E-state index contributed by atoms with van der Waals surface area (Å²) in [5.41, 5.74) is 0.290. The number of esters is 1. The summed E-state index contributed by atoms with van der Waals surface area (Å²) in [4.78, 5) is 12.1. The molecule has 1 heterocycles. The Balaban J connectivity index is 2.08. The van der Waals surface area contributed by atoms with Crippen LogP contribution in [0, 0.1) is 0 Å². The van der Waals surface area contributed by atoms with Crippen molar-refractivity contribution >= 4 is 5.97 Å². The van der Waals surface area contributed by atoms with Crippen LogP contribution in [0.2, 0.25) is 0 Å². The van der Waals surface area contributed by atoms with Gasteiger partial charge in [0.1, 0.15) is 18.0 Å². The van der Waals surface area contributed by atoms with E-state index in [-0.39, 0.29) is 12.2 Å². The van der Waals surface area contributed by atoms with E-state index >= 15 is 0 Å². The van der Waals surface area contributed by atoms with Crippen molar-refractivity contribution < 1.29 is 34.0 Å². The SMILES string of the molecule is COc1ccc(C(=O)O[C@H]2[C@@H](OC)OC[C@@H](O)[C@@H]2O)cc1. The molecule has 2 N–H and O–H groups in total. The Hall–Kier alpha value is -1.67. The van der Waals surface area contributed by atoms with E-state index in [4.69, 9.17) is 18.9 Å². The molecule has 7 nitrogen and oxygen atoms in total. The van der Waals surface area contributed by atoms with Gasteiger partial charge in [-0.2, -0.15) is 0 Å². The largest absolute Gasteiger partial charge is 0.497 e. The molecule has 2 rings (SSSR count). The van der Waals surface area contributed by atoms with Gasteiger partial charge in [-0.3, -0.25) is 0 Å². The lowest BCUT2D eigenvalue weighted by atomic mass is 10.1. The Kier molecular flexibility index (Phi) is 5.13. The molecule has 7 heteroatoms. The summed E-state index contributed by atoms with van der Waals surface area (Å²) in [5, 5.41) is 19.5. The third kappa shape index (κ3) is 3.51. The topological polar surface area (TPSA) is 94.5 Å². The highest BCUT2D eigenvalue weighted by molar-refractivity contribution is 5.89. The van der Waals surface area contributed by atoms with Crippen LogP contribution >= 0.6 is 0 Å². The van der Waals surface area contributed by atoms with Crippen molar-refractivity contribution in [3.63, 3.8) is 0 Å². The van der Waals surface area contributed by atoms with E-state index in [0.717, 1.165) is 0 Å². The van der Waals surface area contributed by atoms with Gasteiger partial charge in [0.05, 0.1) is 19.3 Å². The number of rotatable bonds is 4. The minimum atomic E-state index is -1.27. The second-order valence-electron chi connectivity index (χ2n) is 4.59. The van der Waals surface area contributed by atoms with Crippen LogP contribution in [0.1, 0.15) is 10.4 Å². The molecule has 0 unspecified atom stereocenters. The molecule has 116 valence electrons. The highest BCUT2D eigenvalue weighted by Crippen LogP contribution is 2.21. The van der Waals surface area contributed by atoms with Crippen LogP contribution in [0.25, 0.3) is 0 Å². The zero-order valence-electron chi connectivity index (χ0n) is 11.8. The molecule has 1 aliphatic rings. The van der Waals surface area contributed by atoms with E-state index in [1.165, 1.54) is 26.4 Å². The van der Waals surface area contributed by atoms with Gasteiger partial charge in [0.15, 0.2) is 12.4 Å². The smallest absolute Gasteiger partial charge is 0.338 e. The predicted molar refractivity (Wildman–Crippen MR) is 71.0 cm³/mol. The number of aliphatic hydroxyl groups is 2. The fourth-order valence-corrected chi connectivity index (χ4v) is 2.01. The molecule has 21 heavy (non-hydrogen) atoms. The van der Waals surface area contributed by atoms with Crippen molar-refractivity contribution in [2.24, 2.45) is 0 Å². The molecule has 0 bridgehead atoms. The Labute approximate surface area is 122 Å². The van der Waals surface area contributed by atoms with Crippen LogP contribution < -0.4 is 4.74 Å². The number of ether oxygens (including phenoxy) is 4. The number of carbonyl (C=O) groups excluding carboxylic acids is 1. The van der Waals surface area contributed by atoms with Gasteiger partial charge in [0, 0.05) is 7.11 Å². The number of methoxy groups -OCH3 is 2. The number of benzene rings is 1. The van der Waals surface area contributed by atoms with Gasteiger partial charge in [-0.25, -0.2) is 4.79 Å². The summed E-state index contributed by atoms with van der Waals surface area (Å²) in [6.45, 7) is -0.0870. The third-order valence-electron chi connectivity index (χ3n) is 3.23. The third-order valence-corrected chi connectivity index (χ3v) is 3.23. The minimum Gasteiger partial charge on any atom is -0.497 e. The van der Waals surface area contributed by atoms with Crippen LogP contribution in [0.3, 0.4) is 0 Å². The fourth-order valence-electron chi connectivity index (χ4n) is 2.01. The quantitative estimate of drug-likeness (QED) is 0.752. The van der Waals surface area contributed by atoms with Crippen LogP contribution in [0.15, 0.2) is 24.3 Å². The zero-order chi connectivity index (χ0) is 15.4. The maximum absolute atomic E-state index is 12.1. The first kappa shape index (κ1) is 15.7. The Morgan fingerprint density at radius 3 is 2.48 bits per heavy atom. The summed E-state index contributed by atoms with van der Waals surface area (Å²) in [6, 6.07) is 6.31. The number of hydrogen-bond acceptors (Lipinski definition) is 7. The van der Waals surface area contributed by atoms with Crippen LogP contribution in [-0.4, -0.2) is 61.6 Å². The molecule has 0 aliphatic carbocycles. The molecule has 1 aliphatic heterocycles. The molecule has 1 fully saturated rings. The van der Waals surface area contributed by atoms with E-state index in [2.05, 4.69) is 0 Å².